The molecule has 4 nitrogen and oxygen atoms in total. The lowest BCUT2D eigenvalue weighted by Crippen LogP contribution is -2.13. The van der Waals surface area contributed by atoms with E-state index < -0.39 is 0 Å². The first-order valence-electron chi connectivity index (χ1n) is 4.96. The summed E-state index contributed by atoms with van der Waals surface area (Å²) in [6.07, 6.45) is 1.98. The molecule has 14 heavy (non-hydrogen) atoms. The van der Waals surface area contributed by atoms with Gasteiger partial charge in [-0.1, -0.05) is 6.92 Å². The molecule has 1 fully saturated rings. The molecule has 1 aliphatic rings. The lowest BCUT2D eigenvalue weighted by atomic mass is 10.1. The molecule has 1 unspecified atom stereocenters. The maximum absolute atomic E-state index is 5.95. The van der Waals surface area contributed by atoms with E-state index in [2.05, 4.69) is 17.1 Å². The van der Waals surface area contributed by atoms with E-state index in [-0.39, 0.29) is 0 Å². The molecule has 1 atom stereocenters. The Bertz CT molecular complexity index is 307. The number of hydrogen-bond acceptors (Lipinski definition) is 3. The summed E-state index contributed by atoms with van der Waals surface area (Å²) >= 11 is 5.95. The maximum atomic E-state index is 5.95. The summed E-state index contributed by atoms with van der Waals surface area (Å²) in [6, 6.07) is 0. The lowest BCUT2D eigenvalue weighted by Gasteiger charge is -2.10. The average molecular weight is 216 g/mol. The van der Waals surface area contributed by atoms with Crippen molar-refractivity contribution in [3.8, 4) is 0 Å². The average Bonchev–Trinajstić information content (AvgIpc) is 2.79. The van der Waals surface area contributed by atoms with Crippen molar-refractivity contribution in [2.75, 3.05) is 13.2 Å². The van der Waals surface area contributed by atoms with Crippen LogP contribution in [0.15, 0.2) is 0 Å². The first-order chi connectivity index (χ1) is 6.81. The highest BCUT2D eigenvalue weighted by Gasteiger charge is 2.19. The second-order valence-corrected chi connectivity index (χ2v) is 3.92. The van der Waals surface area contributed by atoms with E-state index in [1.807, 2.05) is 4.57 Å². The minimum absolute atomic E-state index is 0.494. The monoisotopic (exact) mass is 215 g/mol. The number of aryl methyl sites for hydroxylation is 1. The number of halogens is 1. The molecular weight excluding hydrogens is 202 g/mol. The van der Waals surface area contributed by atoms with E-state index in [1.54, 1.807) is 0 Å². The Labute approximate surface area is 88.2 Å². The van der Waals surface area contributed by atoms with Crippen LogP contribution in [0.25, 0.3) is 0 Å². The first kappa shape index (κ1) is 9.93. The van der Waals surface area contributed by atoms with Gasteiger partial charge in [-0.15, -0.1) is 10.2 Å². The zero-order valence-electron chi connectivity index (χ0n) is 8.24. The Morgan fingerprint density at radius 1 is 1.57 bits per heavy atom. The molecule has 1 aromatic heterocycles. The third-order valence-corrected chi connectivity index (χ3v) is 2.84. The van der Waals surface area contributed by atoms with Crippen LogP contribution in [0.4, 0.5) is 0 Å². The number of rotatable bonds is 3. The molecule has 0 saturated carbocycles. The Morgan fingerprint density at radius 2 is 2.43 bits per heavy atom. The number of ether oxygens (including phenoxy) is 1. The standard InChI is InChI=1S/C9H14ClN3O/c1-2-8-11-12-9(10)13(8)5-7-3-4-14-6-7/h7H,2-6H2,1H3. The SMILES string of the molecule is CCc1nnc(Cl)n1CC1CCOC1. The summed E-state index contributed by atoms with van der Waals surface area (Å²) in [5.74, 6) is 1.52. The van der Waals surface area contributed by atoms with E-state index >= 15 is 0 Å². The van der Waals surface area contributed by atoms with Crippen LogP contribution >= 0.6 is 11.6 Å². The van der Waals surface area contributed by atoms with Gasteiger partial charge >= 0.3 is 0 Å². The van der Waals surface area contributed by atoms with Crippen LogP contribution in [-0.4, -0.2) is 28.0 Å². The third kappa shape index (κ3) is 1.91. The quantitative estimate of drug-likeness (QED) is 0.768. The molecule has 2 rings (SSSR count). The second-order valence-electron chi connectivity index (χ2n) is 3.58. The predicted molar refractivity (Wildman–Crippen MR) is 53.3 cm³/mol. The highest BCUT2D eigenvalue weighted by Crippen LogP contribution is 2.18. The number of nitrogens with zero attached hydrogens (tertiary/aromatic N) is 3. The van der Waals surface area contributed by atoms with Crippen molar-refractivity contribution in [1.29, 1.82) is 0 Å². The summed E-state index contributed by atoms with van der Waals surface area (Å²) in [5, 5.41) is 8.38. The molecule has 0 bridgehead atoms. The third-order valence-electron chi connectivity index (χ3n) is 2.56. The number of hydrogen-bond donors (Lipinski definition) is 0. The zero-order chi connectivity index (χ0) is 9.97. The van der Waals surface area contributed by atoms with Crippen LogP contribution in [-0.2, 0) is 17.7 Å². The van der Waals surface area contributed by atoms with Gasteiger partial charge in [-0.2, -0.15) is 0 Å². The fraction of sp³-hybridized carbons (Fsp3) is 0.778. The molecule has 1 aromatic rings. The van der Waals surface area contributed by atoms with Crippen molar-refractivity contribution in [2.24, 2.45) is 5.92 Å². The van der Waals surface area contributed by atoms with Gasteiger partial charge in [0, 0.05) is 25.5 Å². The van der Waals surface area contributed by atoms with E-state index in [0.717, 1.165) is 38.4 Å². The largest absolute Gasteiger partial charge is 0.381 e. The molecule has 1 aliphatic heterocycles. The van der Waals surface area contributed by atoms with Gasteiger partial charge in [-0.25, -0.2) is 0 Å². The molecule has 0 aliphatic carbocycles. The van der Waals surface area contributed by atoms with E-state index in [1.165, 1.54) is 0 Å². The van der Waals surface area contributed by atoms with Gasteiger partial charge in [0.2, 0.25) is 5.28 Å². The van der Waals surface area contributed by atoms with Gasteiger partial charge < -0.3 is 9.30 Å². The van der Waals surface area contributed by atoms with E-state index in [0.29, 0.717) is 11.2 Å². The minimum atomic E-state index is 0.494. The molecule has 78 valence electrons. The molecule has 0 radical (unpaired) electrons. The van der Waals surface area contributed by atoms with Gasteiger partial charge in [0.05, 0.1) is 6.61 Å². The van der Waals surface area contributed by atoms with Crippen molar-refractivity contribution in [3.63, 3.8) is 0 Å². The van der Waals surface area contributed by atoms with Gasteiger partial charge in [-0.05, 0) is 18.0 Å². The summed E-state index contributed by atoms with van der Waals surface area (Å²) in [5.41, 5.74) is 0. The van der Waals surface area contributed by atoms with Gasteiger partial charge in [0.15, 0.2) is 0 Å². The molecule has 1 saturated heterocycles. The van der Waals surface area contributed by atoms with Gasteiger partial charge in [-0.3, -0.25) is 0 Å². The number of aromatic nitrogens is 3. The highest BCUT2D eigenvalue weighted by atomic mass is 35.5. The van der Waals surface area contributed by atoms with Crippen LogP contribution in [0.1, 0.15) is 19.2 Å². The van der Waals surface area contributed by atoms with Gasteiger partial charge in [0.25, 0.3) is 0 Å². The normalized spacial score (nSPS) is 21.7. The van der Waals surface area contributed by atoms with Crippen molar-refractivity contribution < 1.29 is 4.74 Å². The van der Waals surface area contributed by atoms with E-state index in [9.17, 15) is 0 Å². The van der Waals surface area contributed by atoms with Crippen LogP contribution in [0, 0.1) is 5.92 Å². The summed E-state index contributed by atoms with van der Waals surface area (Å²) in [7, 11) is 0. The van der Waals surface area contributed by atoms with Crippen LogP contribution in [0.3, 0.4) is 0 Å². The molecule has 2 heterocycles. The smallest absolute Gasteiger partial charge is 0.225 e. The summed E-state index contributed by atoms with van der Waals surface area (Å²) < 4.78 is 7.31. The molecule has 0 aromatic carbocycles. The fourth-order valence-electron chi connectivity index (χ4n) is 1.74. The Kier molecular flexibility index (Phi) is 3.03. The fourth-order valence-corrected chi connectivity index (χ4v) is 1.95. The van der Waals surface area contributed by atoms with Crippen LogP contribution < -0.4 is 0 Å². The first-order valence-corrected chi connectivity index (χ1v) is 5.34. The summed E-state index contributed by atoms with van der Waals surface area (Å²) in [6.45, 7) is 4.64. The predicted octanol–water partition coefficient (Wildman–Crippen LogP) is 1.53. The van der Waals surface area contributed by atoms with Crippen LogP contribution in [0.5, 0.6) is 0 Å². The summed E-state index contributed by atoms with van der Waals surface area (Å²) in [4.78, 5) is 0. The Hall–Kier alpha value is -0.610. The topological polar surface area (TPSA) is 39.9 Å². The van der Waals surface area contributed by atoms with Crippen molar-refractivity contribution in [1.82, 2.24) is 14.8 Å². The second kappa shape index (κ2) is 4.28. The highest BCUT2D eigenvalue weighted by molar-refractivity contribution is 6.28. The molecule has 5 heteroatoms. The molecule has 0 amide bonds. The maximum Gasteiger partial charge on any atom is 0.225 e. The molecular formula is C9H14ClN3O. The van der Waals surface area contributed by atoms with E-state index in [4.69, 9.17) is 16.3 Å². The molecule has 0 spiro atoms. The Balaban J connectivity index is 2.09. The Morgan fingerprint density at radius 3 is 3.07 bits per heavy atom. The minimum Gasteiger partial charge on any atom is -0.381 e. The van der Waals surface area contributed by atoms with Gasteiger partial charge in [0.1, 0.15) is 5.82 Å². The van der Waals surface area contributed by atoms with Crippen LogP contribution in [0.2, 0.25) is 5.28 Å². The zero-order valence-corrected chi connectivity index (χ0v) is 9.00. The molecule has 0 N–H and O–H groups in total. The van der Waals surface area contributed by atoms with Crippen molar-refractivity contribution in [2.45, 2.75) is 26.3 Å². The van der Waals surface area contributed by atoms with Crippen molar-refractivity contribution >= 4 is 11.6 Å². The van der Waals surface area contributed by atoms with Crippen molar-refractivity contribution in [3.05, 3.63) is 11.1 Å². The lowest BCUT2D eigenvalue weighted by molar-refractivity contribution is 0.182.